The van der Waals surface area contributed by atoms with E-state index in [1.54, 1.807) is 0 Å². The average molecular weight is 1490 g/mol. The number of carbonyl (C=O) groups is 4. The quantitative estimate of drug-likeness (QED) is 0.0222. The second-order valence-electron chi connectivity index (χ2n) is 31.3. The molecule has 0 heterocycles. The highest BCUT2D eigenvalue weighted by Crippen LogP contribution is 2.45. The van der Waals surface area contributed by atoms with Crippen molar-refractivity contribution in [3.05, 3.63) is 0 Å². The average Bonchev–Trinajstić information content (AvgIpc) is 0.904. The molecule has 0 aliphatic rings. The summed E-state index contributed by atoms with van der Waals surface area (Å²) in [5, 5.41) is 10.6. The molecule has 0 rings (SSSR count). The maximum Gasteiger partial charge on any atom is 0.472 e. The van der Waals surface area contributed by atoms with Crippen LogP contribution >= 0.6 is 15.6 Å². The number of aliphatic hydroxyl groups is 1. The molecule has 0 aromatic rings. The van der Waals surface area contributed by atoms with Gasteiger partial charge in [0.15, 0.2) is 12.2 Å². The largest absolute Gasteiger partial charge is 0.472 e. The van der Waals surface area contributed by atoms with Crippen LogP contribution in [0.1, 0.15) is 434 Å². The first-order valence-electron chi connectivity index (χ1n) is 42.8. The predicted molar refractivity (Wildman–Crippen MR) is 418 cm³/mol. The van der Waals surface area contributed by atoms with E-state index in [0.717, 1.165) is 120 Å². The van der Waals surface area contributed by atoms with Crippen LogP contribution < -0.4 is 0 Å². The van der Waals surface area contributed by atoms with Gasteiger partial charge in [0, 0.05) is 25.7 Å². The third-order valence-electron chi connectivity index (χ3n) is 19.4. The molecule has 0 aromatic heterocycles. The van der Waals surface area contributed by atoms with Crippen molar-refractivity contribution in [2.24, 2.45) is 17.8 Å². The van der Waals surface area contributed by atoms with E-state index < -0.39 is 97.5 Å². The van der Waals surface area contributed by atoms with Gasteiger partial charge in [-0.1, -0.05) is 382 Å². The SMILES string of the molecule is CCCCCCCCCC(=O)OC[C@H](COP(=O)(O)OC[C@H](O)COP(=O)(O)OC[C@@H](COC(=O)CCCCCCCCCCCCCCCCCC(C)C)OC(=O)CCCCCCCCCCCCCCCCCCCCC(C)C)OC(=O)CCCCCCCCCCCCCCCC(C)C. The van der Waals surface area contributed by atoms with Gasteiger partial charge in [0.05, 0.1) is 26.4 Å². The number of unbranched alkanes of at least 4 members (excludes halogenated alkanes) is 49. The molecule has 0 spiro atoms. The summed E-state index contributed by atoms with van der Waals surface area (Å²) in [6.07, 6.45) is 62.6. The number of phosphoric ester groups is 2. The molecular weight excluding hydrogens is 1330 g/mol. The molecule has 0 amide bonds. The fourth-order valence-electron chi connectivity index (χ4n) is 12.8. The number of aliphatic hydroxyl groups excluding tert-OH is 1. The summed E-state index contributed by atoms with van der Waals surface area (Å²) in [7, 11) is -9.92. The Morgan fingerprint density at radius 3 is 0.667 bits per heavy atom. The highest BCUT2D eigenvalue weighted by molar-refractivity contribution is 7.47. The standard InChI is InChI=1S/C83H162O17P2/c1-8-9-10-11-40-50-57-64-80(85)93-70-78(99-82(87)67-60-53-46-39-33-27-21-24-30-36-43-49-56-63-76(6)7)72-97-101(89,90)95-68-77(84)69-96-102(91,92)98-73-79(71-94-81(86)65-58-51-44-37-31-25-20-16-18-23-29-35-42-48-55-62-75(4)5)100-83(88)66-59-52-45-38-32-26-19-15-13-12-14-17-22-28-34-41-47-54-61-74(2)3/h74-79,84H,8-73H2,1-7H3,(H,89,90)(H,91,92)/t77-,78+,79+/m0/s1. The first-order chi connectivity index (χ1) is 49.2. The summed E-state index contributed by atoms with van der Waals surface area (Å²) in [4.78, 5) is 72.9. The monoisotopic (exact) mass is 1490 g/mol. The van der Waals surface area contributed by atoms with Crippen molar-refractivity contribution < 1.29 is 80.2 Å². The van der Waals surface area contributed by atoms with Gasteiger partial charge >= 0.3 is 39.5 Å². The van der Waals surface area contributed by atoms with Crippen LogP contribution in [0.5, 0.6) is 0 Å². The zero-order valence-electron chi connectivity index (χ0n) is 67.1. The highest BCUT2D eigenvalue weighted by atomic mass is 31.2. The maximum atomic E-state index is 13.1. The molecule has 17 nitrogen and oxygen atoms in total. The zero-order chi connectivity index (χ0) is 75.1. The maximum absolute atomic E-state index is 13.1. The Bertz CT molecular complexity index is 1970. The molecule has 0 aromatic carbocycles. The Kier molecular flexibility index (Phi) is 71.8. The number of hydrogen-bond donors (Lipinski definition) is 3. The lowest BCUT2D eigenvalue weighted by molar-refractivity contribution is -0.161. The normalized spacial score (nSPS) is 13.9. The molecule has 0 aliphatic heterocycles. The van der Waals surface area contributed by atoms with E-state index in [9.17, 15) is 43.2 Å². The summed E-state index contributed by atoms with van der Waals surface area (Å²) in [5.74, 6) is 0.301. The summed E-state index contributed by atoms with van der Waals surface area (Å²) >= 11 is 0. The molecule has 19 heteroatoms. The summed E-state index contributed by atoms with van der Waals surface area (Å²) < 4.78 is 68.7. The Labute approximate surface area is 626 Å². The minimum Gasteiger partial charge on any atom is -0.462 e. The molecule has 0 aliphatic carbocycles. The van der Waals surface area contributed by atoms with Crippen molar-refractivity contribution in [2.75, 3.05) is 39.6 Å². The lowest BCUT2D eigenvalue weighted by Gasteiger charge is -2.21. The third-order valence-corrected chi connectivity index (χ3v) is 21.3. The van der Waals surface area contributed by atoms with Crippen molar-refractivity contribution in [1.29, 1.82) is 0 Å². The van der Waals surface area contributed by atoms with Crippen molar-refractivity contribution in [3.63, 3.8) is 0 Å². The van der Waals surface area contributed by atoms with Crippen LogP contribution in [-0.4, -0.2) is 96.7 Å². The lowest BCUT2D eigenvalue weighted by Crippen LogP contribution is -2.30. The Morgan fingerprint density at radius 1 is 0.265 bits per heavy atom. The van der Waals surface area contributed by atoms with Crippen LogP contribution in [0.2, 0.25) is 0 Å². The molecule has 3 N–H and O–H groups in total. The molecule has 0 fully saturated rings. The smallest absolute Gasteiger partial charge is 0.462 e. The number of phosphoric acid groups is 2. The van der Waals surface area contributed by atoms with Crippen LogP contribution in [0.3, 0.4) is 0 Å². The Balaban J connectivity index is 5.17. The molecule has 102 heavy (non-hydrogen) atoms. The summed E-state index contributed by atoms with van der Waals surface area (Å²) in [6, 6.07) is 0. The van der Waals surface area contributed by atoms with Gasteiger partial charge in [-0.15, -0.1) is 0 Å². The number of carbonyl (C=O) groups excluding carboxylic acids is 4. The number of rotatable bonds is 81. The molecule has 606 valence electrons. The molecule has 2 unspecified atom stereocenters. The Morgan fingerprint density at radius 2 is 0.451 bits per heavy atom. The highest BCUT2D eigenvalue weighted by Gasteiger charge is 2.30. The second-order valence-corrected chi connectivity index (χ2v) is 34.2. The Hall–Kier alpha value is -1.94. The number of esters is 4. The molecule has 0 radical (unpaired) electrons. The van der Waals surface area contributed by atoms with E-state index in [0.29, 0.717) is 25.7 Å². The lowest BCUT2D eigenvalue weighted by atomic mass is 10.0. The first-order valence-corrected chi connectivity index (χ1v) is 45.8. The van der Waals surface area contributed by atoms with E-state index in [2.05, 4.69) is 48.5 Å². The van der Waals surface area contributed by atoms with Crippen LogP contribution in [0.25, 0.3) is 0 Å². The van der Waals surface area contributed by atoms with Gasteiger partial charge in [-0.05, 0) is 43.4 Å². The minimum atomic E-state index is -4.96. The fourth-order valence-corrected chi connectivity index (χ4v) is 14.4. The number of ether oxygens (including phenoxy) is 4. The molecule has 0 saturated heterocycles. The van der Waals surface area contributed by atoms with Gasteiger partial charge in [-0.2, -0.15) is 0 Å². The van der Waals surface area contributed by atoms with Crippen LogP contribution in [0.15, 0.2) is 0 Å². The van der Waals surface area contributed by atoms with Crippen molar-refractivity contribution in [1.82, 2.24) is 0 Å². The molecule has 5 atom stereocenters. The molecule has 0 saturated carbocycles. The van der Waals surface area contributed by atoms with Gasteiger partial charge in [0.25, 0.3) is 0 Å². The van der Waals surface area contributed by atoms with Gasteiger partial charge in [0.1, 0.15) is 19.3 Å². The van der Waals surface area contributed by atoms with Crippen molar-refractivity contribution in [3.8, 4) is 0 Å². The zero-order valence-corrected chi connectivity index (χ0v) is 68.9. The first kappa shape index (κ1) is 100. The second kappa shape index (κ2) is 73.2. The van der Waals surface area contributed by atoms with E-state index in [-0.39, 0.29) is 25.7 Å². The van der Waals surface area contributed by atoms with E-state index in [1.807, 2.05) is 0 Å². The number of hydrogen-bond acceptors (Lipinski definition) is 15. The van der Waals surface area contributed by atoms with Gasteiger partial charge in [-0.25, -0.2) is 9.13 Å². The van der Waals surface area contributed by atoms with Crippen molar-refractivity contribution >= 4 is 39.5 Å². The van der Waals surface area contributed by atoms with E-state index in [1.165, 1.54) is 231 Å². The summed E-state index contributed by atoms with van der Waals surface area (Å²) in [5.41, 5.74) is 0. The minimum absolute atomic E-state index is 0.107. The van der Waals surface area contributed by atoms with Crippen LogP contribution in [0.4, 0.5) is 0 Å². The van der Waals surface area contributed by atoms with E-state index >= 15 is 0 Å². The topological polar surface area (TPSA) is 237 Å². The molecular formula is C83H162O17P2. The van der Waals surface area contributed by atoms with E-state index in [4.69, 9.17) is 37.0 Å². The predicted octanol–water partition coefficient (Wildman–Crippen LogP) is 24.9. The summed E-state index contributed by atoms with van der Waals surface area (Å²) in [6.45, 7) is 12.0. The van der Waals surface area contributed by atoms with Crippen LogP contribution in [-0.2, 0) is 65.4 Å². The molecule has 0 bridgehead atoms. The van der Waals surface area contributed by atoms with Gasteiger partial charge in [0.2, 0.25) is 0 Å². The van der Waals surface area contributed by atoms with Gasteiger partial charge < -0.3 is 33.8 Å². The fraction of sp³-hybridized carbons (Fsp3) is 0.952. The van der Waals surface area contributed by atoms with Crippen molar-refractivity contribution in [2.45, 2.75) is 452 Å². The third kappa shape index (κ3) is 76.3. The van der Waals surface area contributed by atoms with Crippen LogP contribution in [0, 0.1) is 17.8 Å². The van der Waals surface area contributed by atoms with Gasteiger partial charge in [-0.3, -0.25) is 37.3 Å².